The second-order valence-electron chi connectivity index (χ2n) is 2.47. The van der Waals surface area contributed by atoms with Gasteiger partial charge in [0.05, 0.1) is 0 Å². The van der Waals surface area contributed by atoms with Crippen molar-refractivity contribution in [3.05, 3.63) is 36.0 Å². The van der Waals surface area contributed by atoms with E-state index in [0.717, 1.165) is 11.1 Å². The van der Waals surface area contributed by atoms with Crippen molar-refractivity contribution in [3.8, 4) is 0 Å². The minimum Gasteiger partial charge on any atom is -0.295 e. The van der Waals surface area contributed by atoms with Gasteiger partial charge in [0.25, 0.3) is 0 Å². The predicted octanol–water partition coefficient (Wildman–Crippen LogP) is 2.65. The molecule has 0 heterocycles. The van der Waals surface area contributed by atoms with Crippen LogP contribution in [0.4, 0.5) is 0 Å². The highest BCUT2D eigenvalue weighted by Gasteiger charge is 1.90. The Labute approximate surface area is 68.1 Å². The molecule has 0 bridgehead atoms. The van der Waals surface area contributed by atoms with Gasteiger partial charge in [-0.25, -0.2) is 0 Å². The Hall–Kier alpha value is -1.11. The maximum absolute atomic E-state index is 10.5. The van der Waals surface area contributed by atoms with Gasteiger partial charge >= 0.3 is 0 Å². The number of carbonyl (C=O) groups excluding carboxylic acids is 1. The zero-order valence-corrected chi connectivity index (χ0v) is 7.35. The summed E-state index contributed by atoms with van der Waals surface area (Å²) < 4.78 is 0. The standard InChI is InChI=1S/C10H14O/c1-5-10(8(2)3)7-6-9(4)11/h5-7H,2H2,1,3-4H3/b7-6-,10-5-. The number of hydrogen-bond acceptors (Lipinski definition) is 1. The first kappa shape index (κ1) is 9.89. The molecule has 1 nitrogen and oxygen atoms in total. The number of ketones is 1. The molecule has 0 atom stereocenters. The monoisotopic (exact) mass is 150 g/mol. The molecule has 0 radical (unpaired) electrons. The van der Waals surface area contributed by atoms with Gasteiger partial charge in [-0.3, -0.25) is 4.79 Å². The van der Waals surface area contributed by atoms with E-state index in [0.29, 0.717) is 0 Å². The Morgan fingerprint density at radius 1 is 1.27 bits per heavy atom. The smallest absolute Gasteiger partial charge is 0.152 e. The van der Waals surface area contributed by atoms with Crippen LogP contribution in [0.2, 0.25) is 0 Å². The summed E-state index contributed by atoms with van der Waals surface area (Å²) in [4.78, 5) is 10.5. The van der Waals surface area contributed by atoms with Crippen molar-refractivity contribution >= 4 is 5.78 Å². The largest absolute Gasteiger partial charge is 0.295 e. The quantitative estimate of drug-likeness (QED) is 0.446. The van der Waals surface area contributed by atoms with E-state index in [9.17, 15) is 4.79 Å². The van der Waals surface area contributed by atoms with Gasteiger partial charge in [0.2, 0.25) is 0 Å². The van der Waals surface area contributed by atoms with Crippen molar-refractivity contribution < 1.29 is 4.79 Å². The third-order valence-electron chi connectivity index (χ3n) is 1.30. The van der Waals surface area contributed by atoms with E-state index in [1.54, 1.807) is 12.2 Å². The second-order valence-corrected chi connectivity index (χ2v) is 2.47. The Kier molecular flexibility index (Phi) is 4.20. The topological polar surface area (TPSA) is 17.1 Å². The third-order valence-corrected chi connectivity index (χ3v) is 1.30. The zero-order valence-electron chi connectivity index (χ0n) is 7.35. The highest BCUT2D eigenvalue weighted by Crippen LogP contribution is 2.07. The van der Waals surface area contributed by atoms with Crippen LogP contribution in [-0.2, 0) is 4.79 Å². The first-order chi connectivity index (χ1) is 5.07. The van der Waals surface area contributed by atoms with Gasteiger partial charge in [0.1, 0.15) is 0 Å². The second kappa shape index (κ2) is 4.67. The van der Waals surface area contributed by atoms with E-state index in [-0.39, 0.29) is 5.78 Å². The number of carbonyl (C=O) groups is 1. The van der Waals surface area contributed by atoms with Gasteiger partial charge in [-0.1, -0.05) is 24.3 Å². The molecule has 0 aliphatic rings. The molecule has 0 unspecified atom stereocenters. The molecule has 0 aromatic heterocycles. The average molecular weight is 150 g/mol. The normalized spacial score (nSPS) is 12.1. The average Bonchev–Trinajstić information content (AvgIpc) is 1.87. The molecule has 11 heavy (non-hydrogen) atoms. The van der Waals surface area contributed by atoms with Gasteiger partial charge in [-0.2, -0.15) is 0 Å². The lowest BCUT2D eigenvalue weighted by Crippen LogP contribution is -1.83. The number of hydrogen-bond donors (Lipinski definition) is 0. The van der Waals surface area contributed by atoms with E-state index in [2.05, 4.69) is 6.58 Å². The van der Waals surface area contributed by atoms with E-state index in [4.69, 9.17) is 0 Å². The first-order valence-electron chi connectivity index (χ1n) is 3.58. The molecule has 0 fully saturated rings. The molecule has 0 saturated carbocycles. The lowest BCUT2D eigenvalue weighted by molar-refractivity contribution is -0.112. The van der Waals surface area contributed by atoms with E-state index >= 15 is 0 Å². The molecule has 0 spiro atoms. The number of rotatable bonds is 3. The number of allylic oxidation sites excluding steroid dienone is 5. The van der Waals surface area contributed by atoms with Crippen LogP contribution < -0.4 is 0 Å². The SMILES string of the molecule is C=C(C)C(/C=C\C(C)=O)=C\C. The van der Waals surface area contributed by atoms with Crippen LogP contribution in [0.25, 0.3) is 0 Å². The predicted molar refractivity (Wildman–Crippen MR) is 48.4 cm³/mol. The minimum absolute atomic E-state index is 0.0607. The van der Waals surface area contributed by atoms with Gasteiger partial charge in [0, 0.05) is 0 Å². The summed E-state index contributed by atoms with van der Waals surface area (Å²) in [6, 6.07) is 0. The summed E-state index contributed by atoms with van der Waals surface area (Å²) in [5, 5.41) is 0. The van der Waals surface area contributed by atoms with Gasteiger partial charge in [-0.05, 0) is 32.4 Å². The molecular weight excluding hydrogens is 136 g/mol. The Balaban J connectivity index is 4.34. The molecule has 0 rings (SSSR count). The highest BCUT2D eigenvalue weighted by atomic mass is 16.1. The molecular formula is C10H14O. The van der Waals surface area contributed by atoms with Gasteiger partial charge < -0.3 is 0 Å². The maximum atomic E-state index is 10.5. The van der Waals surface area contributed by atoms with Crippen molar-refractivity contribution in [2.24, 2.45) is 0 Å². The molecule has 0 saturated heterocycles. The van der Waals surface area contributed by atoms with Crippen molar-refractivity contribution in [1.29, 1.82) is 0 Å². The van der Waals surface area contributed by atoms with Crippen LogP contribution >= 0.6 is 0 Å². The Morgan fingerprint density at radius 2 is 1.82 bits per heavy atom. The lowest BCUT2D eigenvalue weighted by atomic mass is 10.1. The molecule has 0 N–H and O–H groups in total. The summed E-state index contributed by atoms with van der Waals surface area (Å²) in [5.41, 5.74) is 1.99. The first-order valence-corrected chi connectivity index (χ1v) is 3.58. The van der Waals surface area contributed by atoms with Crippen LogP contribution in [0.1, 0.15) is 20.8 Å². The molecule has 1 heteroatoms. The Bertz CT molecular complexity index is 219. The molecule has 0 aromatic carbocycles. The molecule has 0 aliphatic heterocycles. The Morgan fingerprint density at radius 3 is 2.09 bits per heavy atom. The van der Waals surface area contributed by atoms with Crippen LogP contribution in [0.3, 0.4) is 0 Å². The van der Waals surface area contributed by atoms with Crippen LogP contribution in [0, 0.1) is 0 Å². The van der Waals surface area contributed by atoms with Crippen molar-refractivity contribution in [3.63, 3.8) is 0 Å². The highest BCUT2D eigenvalue weighted by molar-refractivity contribution is 5.87. The third kappa shape index (κ3) is 4.31. The van der Waals surface area contributed by atoms with Crippen molar-refractivity contribution in [1.82, 2.24) is 0 Å². The van der Waals surface area contributed by atoms with Crippen LogP contribution in [0.5, 0.6) is 0 Å². The van der Waals surface area contributed by atoms with E-state index in [1.807, 2.05) is 19.9 Å². The van der Waals surface area contributed by atoms with E-state index in [1.165, 1.54) is 6.92 Å². The van der Waals surface area contributed by atoms with Gasteiger partial charge in [-0.15, -0.1) is 0 Å². The maximum Gasteiger partial charge on any atom is 0.152 e. The van der Waals surface area contributed by atoms with Crippen molar-refractivity contribution in [2.75, 3.05) is 0 Å². The fourth-order valence-corrected chi connectivity index (χ4v) is 0.692. The lowest BCUT2D eigenvalue weighted by Gasteiger charge is -1.96. The molecule has 0 aromatic rings. The van der Waals surface area contributed by atoms with Gasteiger partial charge in [0.15, 0.2) is 5.78 Å². The zero-order chi connectivity index (χ0) is 8.85. The summed E-state index contributed by atoms with van der Waals surface area (Å²) >= 11 is 0. The van der Waals surface area contributed by atoms with E-state index < -0.39 is 0 Å². The summed E-state index contributed by atoms with van der Waals surface area (Å²) in [7, 11) is 0. The summed E-state index contributed by atoms with van der Waals surface area (Å²) in [5.74, 6) is 0.0607. The summed E-state index contributed by atoms with van der Waals surface area (Å²) in [6.07, 6.45) is 5.26. The molecule has 60 valence electrons. The van der Waals surface area contributed by atoms with Crippen LogP contribution in [-0.4, -0.2) is 5.78 Å². The molecule has 0 aliphatic carbocycles. The van der Waals surface area contributed by atoms with Crippen molar-refractivity contribution in [2.45, 2.75) is 20.8 Å². The minimum atomic E-state index is 0.0607. The molecule has 0 amide bonds. The van der Waals surface area contributed by atoms with Crippen LogP contribution in [0.15, 0.2) is 36.0 Å². The fraction of sp³-hybridized carbons (Fsp3) is 0.300. The summed E-state index contributed by atoms with van der Waals surface area (Å²) in [6.45, 7) is 9.14. The fourth-order valence-electron chi connectivity index (χ4n) is 0.692.